The van der Waals surface area contributed by atoms with Gasteiger partial charge in [-0.05, 0) is 30.0 Å². The van der Waals surface area contributed by atoms with E-state index >= 15 is 0 Å². The molecule has 0 bridgehead atoms. The van der Waals surface area contributed by atoms with Crippen molar-refractivity contribution >= 4 is 29.2 Å². The van der Waals surface area contributed by atoms with Gasteiger partial charge in [0.1, 0.15) is 0 Å². The van der Waals surface area contributed by atoms with Crippen molar-refractivity contribution < 1.29 is 5.21 Å². The van der Waals surface area contributed by atoms with Crippen LogP contribution in [-0.2, 0) is 7.05 Å². The summed E-state index contributed by atoms with van der Waals surface area (Å²) in [6, 6.07) is 5.02. The number of H-pyrrole nitrogens is 1. The summed E-state index contributed by atoms with van der Waals surface area (Å²) in [7, 11) is 1.61. The lowest BCUT2D eigenvalue weighted by Gasteiger charge is -2.05. The van der Waals surface area contributed by atoms with Gasteiger partial charge in [-0.1, -0.05) is 16.8 Å². The van der Waals surface area contributed by atoms with E-state index in [-0.39, 0.29) is 11.5 Å². The molecule has 9 heteroatoms. The number of rotatable bonds is 3. The molecule has 0 radical (unpaired) electrons. The Kier molecular flexibility index (Phi) is 3.82. The van der Waals surface area contributed by atoms with Crippen LogP contribution in [0.25, 0.3) is 0 Å². The normalized spacial score (nSPS) is 11.8. The summed E-state index contributed by atoms with van der Waals surface area (Å²) in [5.41, 5.74) is 5.62. The molecule has 7 nitrogen and oxygen atoms in total. The van der Waals surface area contributed by atoms with Gasteiger partial charge in [0.15, 0.2) is 11.0 Å². The molecule has 0 aliphatic heterocycles. The highest BCUT2D eigenvalue weighted by molar-refractivity contribution is 7.99. The number of nitrogens with zero attached hydrogens (tertiary/aromatic N) is 3. The molecule has 1 aromatic heterocycles. The fraction of sp³-hybridized carbons (Fsp3) is 0.100. The number of aromatic nitrogens is 3. The van der Waals surface area contributed by atoms with Crippen molar-refractivity contribution in [2.24, 2.45) is 17.9 Å². The molecule has 0 saturated carbocycles. The van der Waals surface area contributed by atoms with Crippen LogP contribution < -0.4 is 11.4 Å². The van der Waals surface area contributed by atoms with Crippen molar-refractivity contribution in [1.29, 1.82) is 0 Å². The van der Waals surface area contributed by atoms with Crippen molar-refractivity contribution in [2.75, 3.05) is 0 Å². The summed E-state index contributed by atoms with van der Waals surface area (Å²) in [6.45, 7) is 0. The first kappa shape index (κ1) is 13.5. The maximum absolute atomic E-state index is 11.2. The predicted molar refractivity (Wildman–Crippen MR) is 71.9 cm³/mol. The number of oxime groups is 1. The van der Waals surface area contributed by atoms with Gasteiger partial charge in [0.2, 0.25) is 0 Å². The van der Waals surface area contributed by atoms with Crippen LogP contribution in [-0.4, -0.2) is 25.8 Å². The number of aromatic amines is 1. The van der Waals surface area contributed by atoms with Gasteiger partial charge in [-0.25, -0.2) is 9.89 Å². The zero-order valence-corrected chi connectivity index (χ0v) is 11.4. The number of hydrogen-bond donors (Lipinski definition) is 3. The van der Waals surface area contributed by atoms with Crippen LogP contribution in [0.1, 0.15) is 5.56 Å². The van der Waals surface area contributed by atoms with E-state index in [4.69, 9.17) is 22.5 Å². The zero-order chi connectivity index (χ0) is 14.0. The van der Waals surface area contributed by atoms with E-state index in [1.165, 1.54) is 16.3 Å². The smallest absolute Gasteiger partial charge is 0.343 e. The van der Waals surface area contributed by atoms with Gasteiger partial charge in [0.05, 0.1) is 5.02 Å². The predicted octanol–water partition coefficient (Wildman–Crippen LogP) is 1.01. The fourth-order valence-corrected chi connectivity index (χ4v) is 2.53. The first-order chi connectivity index (χ1) is 9.02. The Balaban J connectivity index is 2.31. The Hall–Kier alpha value is -1.93. The van der Waals surface area contributed by atoms with Crippen molar-refractivity contribution in [3.8, 4) is 0 Å². The van der Waals surface area contributed by atoms with E-state index in [2.05, 4.69) is 15.4 Å². The molecule has 100 valence electrons. The average molecular weight is 300 g/mol. The summed E-state index contributed by atoms with van der Waals surface area (Å²) in [5.74, 6) is -0.0614. The second-order valence-electron chi connectivity index (χ2n) is 3.60. The average Bonchev–Trinajstić information content (AvgIpc) is 2.70. The highest BCUT2D eigenvalue weighted by Gasteiger charge is 2.10. The minimum Gasteiger partial charge on any atom is -0.409 e. The lowest BCUT2D eigenvalue weighted by molar-refractivity contribution is 0.318. The molecule has 0 spiro atoms. The molecule has 0 amide bonds. The van der Waals surface area contributed by atoms with Crippen LogP contribution in [0.2, 0.25) is 5.02 Å². The highest BCUT2D eigenvalue weighted by Crippen LogP contribution is 2.28. The number of nitrogens with two attached hydrogens (primary N) is 1. The second-order valence-corrected chi connectivity index (χ2v) is 5.05. The quantitative estimate of drug-likeness (QED) is 0.339. The molecule has 0 aliphatic rings. The largest absolute Gasteiger partial charge is 0.409 e. The van der Waals surface area contributed by atoms with Gasteiger partial charge in [0.25, 0.3) is 0 Å². The standard InChI is InChI=1S/C10H10ClN5O2S/c1-16-9(17)13-14-10(16)19-5-2-3-6(7(11)4-5)8(12)15-18/h2-4,18H,1H3,(H2,12,15)(H,13,17). The number of benzene rings is 1. The topological polar surface area (TPSA) is 109 Å². The van der Waals surface area contributed by atoms with Crippen LogP contribution in [0, 0.1) is 0 Å². The van der Waals surface area contributed by atoms with Gasteiger partial charge >= 0.3 is 5.69 Å². The molecule has 0 aliphatic carbocycles. The van der Waals surface area contributed by atoms with Crippen LogP contribution in [0.5, 0.6) is 0 Å². The second kappa shape index (κ2) is 5.37. The molecule has 0 atom stereocenters. The van der Waals surface area contributed by atoms with Crippen molar-refractivity contribution in [3.05, 3.63) is 39.3 Å². The number of nitrogens with one attached hydrogen (secondary N) is 1. The van der Waals surface area contributed by atoms with E-state index in [1.807, 2.05) is 0 Å². The Labute approximate surface area is 117 Å². The summed E-state index contributed by atoms with van der Waals surface area (Å²) in [5, 5.41) is 18.6. The summed E-state index contributed by atoms with van der Waals surface area (Å²) < 4.78 is 1.38. The lowest BCUT2D eigenvalue weighted by Crippen LogP contribution is -2.13. The van der Waals surface area contributed by atoms with Gasteiger partial charge < -0.3 is 10.9 Å². The number of amidine groups is 1. The van der Waals surface area contributed by atoms with Crippen LogP contribution in [0.15, 0.2) is 38.2 Å². The molecule has 1 aromatic carbocycles. The molecule has 0 fully saturated rings. The monoisotopic (exact) mass is 299 g/mol. The summed E-state index contributed by atoms with van der Waals surface area (Å²) in [6.07, 6.45) is 0. The van der Waals surface area contributed by atoms with Gasteiger partial charge in [0, 0.05) is 17.5 Å². The fourth-order valence-electron chi connectivity index (χ4n) is 1.35. The van der Waals surface area contributed by atoms with E-state index in [0.29, 0.717) is 15.7 Å². The Bertz CT molecular complexity index is 693. The Morgan fingerprint density at radius 2 is 2.37 bits per heavy atom. The maximum Gasteiger partial charge on any atom is 0.343 e. The van der Waals surface area contributed by atoms with Crippen LogP contribution in [0.4, 0.5) is 0 Å². The van der Waals surface area contributed by atoms with Crippen LogP contribution in [0.3, 0.4) is 0 Å². The minimum atomic E-state index is -0.290. The van der Waals surface area contributed by atoms with E-state index < -0.39 is 0 Å². The summed E-state index contributed by atoms with van der Waals surface area (Å²) >= 11 is 7.30. The Morgan fingerprint density at radius 3 is 2.89 bits per heavy atom. The molecule has 0 unspecified atom stereocenters. The number of halogens is 1. The third-order valence-electron chi connectivity index (χ3n) is 2.37. The van der Waals surface area contributed by atoms with Gasteiger partial charge in [-0.15, -0.1) is 5.10 Å². The molecule has 0 saturated heterocycles. The molecule has 2 aromatic rings. The molecular formula is C10H10ClN5O2S. The Morgan fingerprint density at radius 1 is 1.63 bits per heavy atom. The lowest BCUT2D eigenvalue weighted by atomic mass is 10.2. The van der Waals surface area contributed by atoms with E-state index in [1.54, 1.807) is 25.2 Å². The molecule has 1 heterocycles. The van der Waals surface area contributed by atoms with Crippen molar-refractivity contribution in [2.45, 2.75) is 10.1 Å². The number of hydrogen-bond acceptors (Lipinski definition) is 5. The summed E-state index contributed by atoms with van der Waals surface area (Å²) in [4.78, 5) is 12.0. The van der Waals surface area contributed by atoms with Gasteiger partial charge in [-0.3, -0.25) is 4.57 Å². The van der Waals surface area contributed by atoms with E-state index in [0.717, 1.165) is 4.90 Å². The molecule has 19 heavy (non-hydrogen) atoms. The van der Waals surface area contributed by atoms with Crippen LogP contribution >= 0.6 is 23.4 Å². The van der Waals surface area contributed by atoms with Crippen molar-refractivity contribution in [1.82, 2.24) is 14.8 Å². The first-order valence-corrected chi connectivity index (χ1v) is 6.29. The molecular weight excluding hydrogens is 290 g/mol. The third kappa shape index (κ3) is 2.74. The van der Waals surface area contributed by atoms with E-state index in [9.17, 15) is 4.79 Å². The highest BCUT2D eigenvalue weighted by atomic mass is 35.5. The van der Waals surface area contributed by atoms with Crippen molar-refractivity contribution in [3.63, 3.8) is 0 Å². The first-order valence-electron chi connectivity index (χ1n) is 5.09. The molecule has 2 rings (SSSR count). The molecule has 4 N–H and O–H groups in total. The minimum absolute atomic E-state index is 0.0614. The van der Waals surface area contributed by atoms with Gasteiger partial charge in [-0.2, -0.15) is 0 Å². The SMILES string of the molecule is Cn1c(Sc2ccc(C(N)=NO)c(Cl)c2)n[nH]c1=O. The zero-order valence-electron chi connectivity index (χ0n) is 9.79. The maximum atomic E-state index is 11.2. The third-order valence-corrected chi connectivity index (χ3v) is 3.72.